The van der Waals surface area contributed by atoms with Crippen LogP contribution in [0.5, 0.6) is 23.1 Å². The minimum Gasteiger partial charge on any atom is -0.497 e. The lowest BCUT2D eigenvalue weighted by Crippen LogP contribution is -2.34. The number of aromatic nitrogens is 2. The van der Waals surface area contributed by atoms with Gasteiger partial charge in [-0.15, -0.1) is 0 Å². The van der Waals surface area contributed by atoms with Crippen LogP contribution < -0.4 is 23.8 Å². The molecule has 3 aliphatic rings. The lowest BCUT2D eigenvalue weighted by atomic mass is 10.2. The van der Waals surface area contributed by atoms with E-state index in [2.05, 4.69) is 14.9 Å². The Hall–Kier alpha value is -3.79. The van der Waals surface area contributed by atoms with Crippen LogP contribution in [-0.2, 0) is 4.74 Å². The maximum Gasteiger partial charge on any atom is 0.414 e. The summed E-state index contributed by atoms with van der Waals surface area (Å²) >= 11 is 0. The zero-order chi connectivity index (χ0) is 23.8. The number of carbonyl (C=O) groups is 1. The Bertz CT molecular complexity index is 1250. The maximum atomic E-state index is 12.6. The first kappa shape index (κ1) is 21.7. The number of hydrogen-bond acceptors (Lipinski definition) is 9. The third-order valence-corrected chi connectivity index (χ3v) is 6.49. The molecule has 1 amide bonds. The van der Waals surface area contributed by atoms with Gasteiger partial charge in [-0.2, -0.15) is 0 Å². The van der Waals surface area contributed by atoms with Crippen LogP contribution in [0.2, 0.25) is 0 Å². The molecule has 0 saturated carbocycles. The molecule has 6 rings (SSSR count). The molecule has 0 aliphatic carbocycles. The molecule has 1 aromatic heterocycles. The quantitative estimate of drug-likeness (QED) is 0.530. The predicted octanol–water partition coefficient (Wildman–Crippen LogP) is 2.89. The van der Waals surface area contributed by atoms with Crippen molar-refractivity contribution in [2.45, 2.75) is 18.6 Å². The van der Waals surface area contributed by atoms with Gasteiger partial charge in [-0.1, -0.05) is 0 Å². The number of fused-ring (bicyclic) bond motifs is 2. The lowest BCUT2D eigenvalue weighted by Gasteiger charge is -2.21. The van der Waals surface area contributed by atoms with Gasteiger partial charge in [0.25, 0.3) is 0 Å². The summed E-state index contributed by atoms with van der Waals surface area (Å²) in [6.07, 6.45) is 1.80. The first-order valence-electron chi connectivity index (χ1n) is 11.7. The minimum atomic E-state index is -0.347. The molecule has 0 bridgehead atoms. The van der Waals surface area contributed by atoms with Gasteiger partial charge in [0.15, 0.2) is 11.5 Å². The Kier molecular flexibility index (Phi) is 5.65. The van der Waals surface area contributed by atoms with Crippen LogP contribution in [0.3, 0.4) is 0 Å². The molecule has 0 spiro atoms. The Morgan fingerprint density at radius 1 is 1.06 bits per heavy atom. The smallest absolute Gasteiger partial charge is 0.414 e. The first-order valence-corrected chi connectivity index (χ1v) is 11.7. The highest BCUT2D eigenvalue weighted by Crippen LogP contribution is 2.35. The van der Waals surface area contributed by atoms with Crippen molar-refractivity contribution in [3.63, 3.8) is 0 Å². The Labute approximate surface area is 202 Å². The van der Waals surface area contributed by atoms with E-state index in [0.717, 1.165) is 41.9 Å². The van der Waals surface area contributed by atoms with Crippen molar-refractivity contribution in [1.82, 2.24) is 14.9 Å². The van der Waals surface area contributed by atoms with Gasteiger partial charge >= 0.3 is 6.09 Å². The summed E-state index contributed by atoms with van der Waals surface area (Å²) in [4.78, 5) is 25.2. The zero-order valence-electron chi connectivity index (χ0n) is 19.4. The molecule has 0 N–H and O–H groups in total. The van der Waals surface area contributed by atoms with Crippen LogP contribution in [0, 0.1) is 0 Å². The van der Waals surface area contributed by atoms with E-state index in [1.807, 2.05) is 36.4 Å². The fraction of sp³-hybridized carbons (Fsp3) is 0.400. The molecular weight excluding hydrogens is 452 g/mol. The number of nitrogens with zero attached hydrogens (tertiary/aromatic N) is 4. The third kappa shape index (κ3) is 4.37. The van der Waals surface area contributed by atoms with Crippen molar-refractivity contribution in [2.24, 2.45) is 0 Å². The van der Waals surface area contributed by atoms with Crippen molar-refractivity contribution in [3.8, 4) is 23.1 Å². The molecule has 2 fully saturated rings. The van der Waals surface area contributed by atoms with Crippen LogP contribution in [0.4, 0.5) is 10.5 Å². The van der Waals surface area contributed by atoms with E-state index in [9.17, 15) is 4.79 Å². The number of rotatable bonds is 6. The topological polar surface area (TPSA) is 95.5 Å². The highest BCUT2D eigenvalue weighted by atomic mass is 16.6. The highest BCUT2D eigenvalue weighted by Gasteiger charge is 2.36. The first-order chi connectivity index (χ1) is 17.2. The van der Waals surface area contributed by atoms with E-state index >= 15 is 0 Å². The molecular formula is C25H26N4O6. The average Bonchev–Trinajstić information content (AvgIpc) is 3.49. The molecule has 3 aromatic rings. The van der Waals surface area contributed by atoms with Crippen LogP contribution in [0.25, 0.3) is 10.9 Å². The molecule has 0 unspecified atom stereocenters. The fourth-order valence-corrected chi connectivity index (χ4v) is 4.77. The molecule has 35 heavy (non-hydrogen) atoms. The number of amides is 1. The van der Waals surface area contributed by atoms with E-state index in [1.165, 1.54) is 6.33 Å². The van der Waals surface area contributed by atoms with Gasteiger partial charge in [-0.25, -0.2) is 14.8 Å². The van der Waals surface area contributed by atoms with Crippen LogP contribution in [-0.4, -0.2) is 79.7 Å². The van der Waals surface area contributed by atoms with Crippen LogP contribution in [0.15, 0.2) is 42.7 Å². The van der Waals surface area contributed by atoms with E-state index in [1.54, 1.807) is 12.0 Å². The fourth-order valence-electron chi connectivity index (χ4n) is 4.77. The summed E-state index contributed by atoms with van der Waals surface area (Å²) in [6.45, 7) is 3.74. The molecule has 4 heterocycles. The number of anilines is 1. The number of methoxy groups -OCH3 is 1. The van der Waals surface area contributed by atoms with E-state index in [4.69, 9.17) is 23.7 Å². The Balaban J connectivity index is 1.08. The van der Waals surface area contributed by atoms with E-state index in [-0.39, 0.29) is 18.3 Å². The number of cyclic esters (lactones) is 1. The number of benzene rings is 2. The maximum absolute atomic E-state index is 12.6. The summed E-state index contributed by atoms with van der Waals surface area (Å²) in [5, 5.41) is 0.824. The monoisotopic (exact) mass is 478 g/mol. The summed E-state index contributed by atoms with van der Waals surface area (Å²) in [5.41, 5.74) is 1.55. The van der Waals surface area contributed by atoms with Crippen LogP contribution in [0.1, 0.15) is 6.42 Å². The standard InChI is InChI=1S/C25H26N4O6/c1-31-17-3-4-21-20(11-17)24(27-15-26-21)34-18-6-7-28(12-18)13-19-14-29(25(30)35-19)16-2-5-22-23(10-16)33-9-8-32-22/h2-5,10-11,15,18-19H,6-9,12-14H2,1H3/t18-,19+/m0/s1. The third-order valence-electron chi connectivity index (χ3n) is 6.49. The summed E-state index contributed by atoms with van der Waals surface area (Å²) < 4.78 is 28.5. The SMILES string of the molecule is COc1ccc2ncnc(O[C@H]3CCN(C[C@@H]4CN(c5ccc6c(c5)OCCO6)C(=O)O4)C3)c2c1. The van der Waals surface area contributed by atoms with Gasteiger partial charge in [0.2, 0.25) is 5.88 Å². The second kappa shape index (κ2) is 9.10. The Morgan fingerprint density at radius 2 is 1.94 bits per heavy atom. The van der Waals surface area contributed by atoms with Crippen LogP contribution >= 0.6 is 0 Å². The number of ether oxygens (including phenoxy) is 5. The zero-order valence-corrected chi connectivity index (χ0v) is 19.4. The normalized spacial score (nSPS) is 21.9. The molecule has 2 aromatic carbocycles. The second-order valence-corrected chi connectivity index (χ2v) is 8.79. The summed E-state index contributed by atoms with van der Waals surface area (Å²) in [5.74, 6) is 2.63. The summed E-state index contributed by atoms with van der Waals surface area (Å²) in [6, 6.07) is 11.2. The average molecular weight is 479 g/mol. The van der Waals surface area contributed by atoms with Crippen molar-refractivity contribution in [3.05, 3.63) is 42.7 Å². The molecule has 10 heteroatoms. The van der Waals surface area contributed by atoms with Crippen molar-refractivity contribution in [2.75, 3.05) is 51.4 Å². The molecule has 0 radical (unpaired) electrons. The van der Waals surface area contributed by atoms with Gasteiger partial charge in [-0.05, 0) is 36.8 Å². The molecule has 2 atom stereocenters. The largest absolute Gasteiger partial charge is 0.497 e. The molecule has 3 aliphatic heterocycles. The van der Waals surface area contributed by atoms with E-state index in [0.29, 0.717) is 43.7 Å². The Morgan fingerprint density at radius 3 is 2.83 bits per heavy atom. The predicted molar refractivity (Wildman–Crippen MR) is 127 cm³/mol. The number of likely N-dealkylation sites (tertiary alicyclic amines) is 1. The van der Waals surface area contributed by atoms with E-state index < -0.39 is 0 Å². The van der Waals surface area contributed by atoms with Gasteiger partial charge in [0.1, 0.15) is 37.5 Å². The van der Waals surface area contributed by atoms with Gasteiger partial charge in [0.05, 0.1) is 30.2 Å². The van der Waals surface area contributed by atoms with Gasteiger partial charge < -0.3 is 23.7 Å². The van der Waals surface area contributed by atoms with Gasteiger partial charge in [-0.3, -0.25) is 9.80 Å². The number of carbonyl (C=O) groups excluding carboxylic acids is 1. The van der Waals surface area contributed by atoms with Crippen molar-refractivity contribution >= 4 is 22.7 Å². The van der Waals surface area contributed by atoms with Crippen molar-refractivity contribution < 1.29 is 28.5 Å². The van der Waals surface area contributed by atoms with Gasteiger partial charge in [0, 0.05) is 25.7 Å². The van der Waals surface area contributed by atoms with Crippen molar-refractivity contribution in [1.29, 1.82) is 0 Å². The number of hydrogen-bond donors (Lipinski definition) is 0. The lowest BCUT2D eigenvalue weighted by molar-refractivity contribution is 0.111. The summed E-state index contributed by atoms with van der Waals surface area (Å²) in [7, 11) is 1.63. The molecule has 182 valence electrons. The highest BCUT2D eigenvalue weighted by molar-refractivity contribution is 5.90. The molecule has 2 saturated heterocycles. The molecule has 10 nitrogen and oxygen atoms in total. The second-order valence-electron chi connectivity index (χ2n) is 8.79. The minimum absolute atomic E-state index is 0.00898.